The molecule has 2 atom stereocenters. The highest BCUT2D eigenvalue weighted by atomic mass is 32.2. The number of aryl methyl sites for hydroxylation is 1. The van der Waals surface area contributed by atoms with E-state index in [-0.39, 0.29) is 22.2 Å². The van der Waals surface area contributed by atoms with Gasteiger partial charge in [-0.15, -0.1) is 0 Å². The number of ether oxygens (including phenoxy) is 1. The average molecular weight is 348 g/mol. The summed E-state index contributed by atoms with van der Waals surface area (Å²) in [6, 6.07) is 6.19. The van der Waals surface area contributed by atoms with Gasteiger partial charge in [0.05, 0.1) is 17.1 Å². The zero-order valence-electron chi connectivity index (χ0n) is 13.9. The third-order valence-electron chi connectivity index (χ3n) is 5.95. The molecule has 24 heavy (non-hydrogen) atoms. The van der Waals surface area contributed by atoms with E-state index in [0.717, 1.165) is 44.5 Å². The van der Waals surface area contributed by atoms with Gasteiger partial charge in [0.2, 0.25) is 0 Å². The van der Waals surface area contributed by atoms with E-state index in [4.69, 9.17) is 4.74 Å². The maximum atomic E-state index is 12.6. The molecule has 3 aliphatic rings. The smallest absolute Gasteiger partial charge is 0.156 e. The predicted molar refractivity (Wildman–Crippen MR) is 92.0 cm³/mol. The van der Waals surface area contributed by atoms with Crippen molar-refractivity contribution in [3.63, 3.8) is 0 Å². The molecule has 1 aromatic rings. The summed E-state index contributed by atoms with van der Waals surface area (Å²) < 4.78 is 30.2. The fourth-order valence-electron chi connectivity index (χ4n) is 4.54. The Labute approximate surface area is 143 Å². The minimum absolute atomic E-state index is 0.0541. The summed E-state index contributed by atoms with van der Waals surface area (Å²) in [5, 5.41) is -0.535. The quantitative estimate of drug-likeness (QED) is 0.839. The Morgan fingerprint density at radius 2 is 1.92 bits per heavy atom. The topological polar surface area (TPSA) is 60.4 Å². The molecule has 4 nitrogen and oxygen atoms in total. The van der Waals surface area contributed by atoms with Gasteiger partial charge in [0.1, 0.15) is 11.5 Å². The molecular weight excluding hydrogens is 324 g/mol. The van der Waals surface area contributed by atoms with Gasteiger partial charge in [-0.1, -0.05) is 18.6 Å². The maximum absolute atomic E-state index is 12.6. The number of carbonyl (C=O) groups excluding carboxylic acids is 1. The molecule has 0 aliphatic carbocycles. The molecule has 0 aromatic heterocycles. The zero-order chi connectivity index (χ0) is 16.7. The first-order valence-corrected chi connectivity index (χ1v) is 10.6. The highest BCUT2D eigenvalue weighted by Gasteiger charge is 2.45. The van der Waals surface area contributed by atoms with E-state index in [9.17, 15) is 13.2 Å². The van der Waals surface area contributed by atoms with Crippen LogP contribution in [0.15, 0.2) is 18.2 Å². The first kappa shape index (κ1) is 16.1. The van der Waals surface area contributed by atoms with Crippen LogP contribution in [0.3, 0.4) is 0 Å². The molecule has 4 rings (SSSR count). The van der Waals surface area contributed by atoms with Crippen LogP contribution in [0.2, 0.25) is 0 Å². The van der Waals surface area contributed by atoms with E-state index in [2.05, 4.69) is 6.07 Å². The molecule has 0 saturated carbocycles. The molecule has 0 amide bonds. The number of ketones is 1. The van der Waals surface area contributed by atoms with Crippen LogP contribution in [-0.2, 0) is 27.5 Å². The van der Waals surface area contributed by atoms with Crippen molar-refractivity contribution in [1.82, 2.24) is 0 Å². The van der Waals surface area contributed by atoms with Gasteiger partial charge in [0, 0.05) is 18.8 Å². The third kappa shape index (κ3) is 2.87. The Morgan fingerprint density at radius 3 is 2.67 bits per heavy atom. The Balaban J connectivity index is 1.38. The summed E-state index contributed by atoms with van der Waals surface area (Å²) >= 11 is 0. The van der Waals surface area contributed by atoms with Gasteiger partial charge < -0.3 is 4.74 Å². The van der Waals surface area contributed by atoms with Crippen LogP contribution in [0.25, 0.3) is 0 Å². The van der Waals surface area contributed by atoms with Gasteiger partial charge in [-0.3, -0.25) is 4.79 Å². The van der Waals surface area contributed by atoms with E-state index < -0.39 is 9.84 Å². The minimum Gasteiger partial charge on any atom is -0.493 e. The number of Topliss-reactive ketones (excluding diaryl/α,β-unsaturated/α-hetero) is 1. The lowest BCUT2D eigenvalue weighted by molar-refractivity contribution is -0.123. The fraction of sp³-hybridized carbons (Fsp3) is 0.632. The van der Waals surface area contributed by atoms with Crippen molar-refractivity contribution in [2.45, 2.75) is 61.9 Å². The van der Waals surface area contributed by atoms with Crippen LogP contribution in [0.1, 0.15) is 49.7 Å². The molecule has 3 heterocycles. The van der Waals surface area contributed by atoms with Crippen molar-refractivity contribution < 1.29 is 17.9 Å². The maximum Gasteiger partial charge on any atom is 0.156 e. The van der Waals surface area contributed by atoms with Crippen molar-refractivity contribution in [3.8, 4) is 5.75 Å². The molecule has 2 bridgehead atoms. The molecule has 2 unspecified atom stereocenters. The SMILES string of the molecule is O=C(CCc1ccc2c(c1)CCO2)C1CC2CCCC(C1)S2(=O)=O. The zero-order valence-corrected chi connectivity index (χ0v) is 14.7. The summed E-state index contributed by atoms with van der Waals surface area (Å²) in [4.78, 5) is 12.6. The largest absolute Gasteiger partial charge is 0.493 e. The van der Waals surface area contributed by atoms with Gasteiger partial charge in [-0.25, -0.2) is 8.42 Å². The van der Waals surface area contributed by atoms with Gasteiger partial charge in [-0.2, -0.15) is 0 Å². The number of benzene rings is 1. The molecule has 130 valence electrons. The van der Waals surface area contributed by atoms with Crippen LogP contribution in [-0.4, -0.2) is 31.3 Å². The Bertz CT molecular complexity index is 733. The normalized spacial score (nSPS) is 30.4. The summed E-state index contributed by atoms with van der Waals surface area (Å²) in [5.74, 6) is 1.16. The van der Waals surface area contributed by atoms with Crippen molar-refractivity contribution >= 4 is 15.6 Å². The molecule has 5 heteroatoms. The first-order valence-electron chi connectivity index (χ1n) is 9.04. The summed E-state index contributed by atoms with van der Waals surface area (Å²) in [7, 11) is -2.97. The minimum atomic E-state index is -2.97. The van der Waals surface area contributed by atoms with Crippen molar-refractivity contribution in [3.05, 3.63) is 29.3 Å². The molecule has 0 N–H and O–H groups in total. The number of rotatable bonds is 4. The highest BCUT2D eigenvalue weighted by Crippen LogP contribution is 2.40. The van der Waals surface area contributed by atoms with Crippen LogP contribution >= 0.6 is 0 Å². The van der Waals surface area contributed by atoms with Crippen molar-refractivity contribution in [2.24, 2.45) is 5.92 Å². The summed E-state index contributed by atoms with van der Waals surface area (Å²) in [6.45, 7) is 0.747. The molecule has 1 aromatic carbocycles. The molecule has 2 saturated heterocycles. The van der Waals surface area contributed by atoms with E-state index >= 15 is 0 Å². The van der Waals surface area contributed by atoms with Crippen LogP contribution in [0.5, 0.6) is 5.75 Å². The number of sulfone groups is 1. The first-order chi connectivity index (χ1) is 11.5. The van der Waals surface area contributed by atoms with Gasteiger partial charge in [0.15, 0.2) is 9.84 Å². The lowest BCUT2D eigenvalue weighted by atomic mass is 9.85. The lowest BCUT2D eigenvalue weighted by Crippen LogP contribution is -2.45. The Morgan fingerprint density at radius 1 is 1.17 bits per heavy atom. The summed E-state index contributed by atoms with van der Waals surface area (Å²) in [6.07, 6.45) is 5.79. The monoisotopic (exact) mass is 348 g/mol. The van der Waals surface area contributed by atoms with Crippen molar-refractivity contribution in [2.75, 3.05) is 6.61 Å². The van der Waals surface area contributed by atoms with E-state index in [1.165, 1.54) is 11.1 Å². The van der Waals surface area contributed by atoms with Crippen LogP contribution in [0, 0.1) is 5.92 Å². The fourth-order valence-corrected chi connectivity index (χ4v) is 7.07. The van der Waals surface area contributed by atoms with E-state index in [1.807, 2.05) is 12.1 Å². The number of fused-ring (bicyclic) bond motifs is 3. The molecule has 2 fully saturated rings. The number of hydrogen-bond acceptors (Lipinski definition) is 4. The average Bonchev–Trinajstić information content (AvgIpc) is 2.99. The third-order valence-corrected chi connectivity index (χ3v) is 8.66. The number of carbonyl (C=O) groups is 1. The van der Waals surface area contributed by atoms with Gasteiger partial charge >= 0.3 is 0 Å². The lowest BCUT2D eigenvalue weighted by Gasteiger charge is -2.38. The standard InChI is InChI=1S/C19H24O4S/c20-18(6-4-13-5-7-19-14(10-13)8-9-23-19)15-11-16-2-1-3-17(12-15)24(16,21)22/h5,7,10,15-17H,1-4,6,8-9,11-12H2. The van der Waals surface area contributed by atoms with Gasteiger partial charge in [0.25, 0.3) is 0 Å². The van der Waals surface area contributed by atoms with Gasteiger partial charge in [-0.05, 0) is 49.3 Å². The second kappa shape index (κ2) is 6.17. The Kier molecular flexibility index (Phi) is 4.15. The highest BCUT2D eigenvalue weighted by molar-refractivity contribution is 7.92. The van der Waals surface area contributed by atoms with Crippen LogP contribution < -0.4 is 4.74 Å². The Hall–Kier alpha value is -1.36. The van der Waals surface area contributed by atoms with E-state index in [1.54, 1.807) is 0 Å². The second-order valence-electron chi connectivity index (χ2n) is 7.44. The van der Waals surface area contributed by atoms with Crippen LogP contribution in [0.4, 0.5) is 0 Å². The molecule has 0 radical (unpaired) electrons. The number of hydrogen-bond donors (Lipinski definition) is 0. The summed E-state index contributed by atoms with van der Waals surface area (Å²) in [5.41, 5.74) is 2.41. The molecule has 3 aliphatic heterocycles. The molecular formula is C19H24O4S. The molecule has 0 spiro atoms. The van der Waals surface area contributed by atoms with Crippen molar-refractivity contribution in [1.29, 1.82) is 0 Å². The second-order valence-corrected chi connectivity index (χ2v) is 9.95. The predicted octanol–water partition coefficient (Wildman–Crippen LogP) is 2.87. The van der Waals surface area contributed by atoms with E-state index in [0.29, 0.717) is 19.3 Å².